The van der Waals surface area contributed by atoms with Crippen LogP contribution in [0.1, 0.15) is 31.6 Å². The average Bonchev–Trinajstić information content (AvgIpc) is 3.27. The van der Waals surface area contributed by atoms with Crippen LogP contribution >= 0.6 is 11.8 Å². The minimum Gasteiger partial charge on any atom is -0.416 e. The van der Waals surface area contributed by atoms with E-state index in [1.54, 1.807) is 6.92 Å². The molecular weight excluding hydrogens is 352 g/mol. The van der Waals surface area contributed by atoms with Crippen molar-refractivity contribution in [3.63, 3.8) is 0 Å². The Balaban J connectivity index is 1.58. The van der Waals surface area contributed by atoms with Gasteiger partial charge in [0, 0.05) is 11.6 Å². The number of nitrogens with zero attached hydrogens (tertiary/aromatic N) is 2. The van der Waals surface area contributed by atoms with Crippen molar-refractivity contribution < 1.29 is 17.6 Å². The Morgan fingerprint density at radius 2 is 2.00 bits per heavy atom. The summed E-state index contributed by atoms with van der Waals surface area (Å²) in [7, 11) is -3.75. The van der Waals surface area contributed by atoms with E-state index in [4.69, 9.17) is 9.56 Å². The van der Waals surface area contributed by atoms with Crippen LogP contribution in [-0.4, -0.2) is 29.8 Å². The fourth-order valence-electron chi connectivity index (χ4n) is 1.94. The van der Waals surface area contributed by atoms with Gasteiger partial charge in [-0.3, -0.25) is 4.79 Å². The van der Waals surface area contributed by atoms with Crippen LogP contribution in [0.2, 0.25) is 0 Å². The van der Waals surface area contributed by atoms with Crippen LogP contribution in [0.15, 0.2) is 38.8 Å². The molecule has 1 saturated carbocycles. The number of rotatable bonds is 6. The number of amides is 1. The molecule has 1 aromatic carbocycles. The highest BCUT2D eigenvalue weighted by atomic mass is 32.2. The number of aromatic nitrogens is 2. The zero-order chi connectivity index (χ0) is 17.3. The number of nitrogens with two attached hydrogens (primary N) is 1. The van der Waals surface area contributed by atoms with Crippen molar-refractivity contribution in [3.8, 4) is 0 Å². The van der Waals surface area contributed by atoms with Crippen molar-refractivity contribution in [1.82, 2.24) is 10.2 Å². The molecule has 1 atom stereocenters. The molecule has 0 spiro atoms. The van der Waals surface area contributed by atoms with E-state index in [1.807, 2.05) is 0 Å². The van der Waals surface area contributed by atoms with Crippen LogP contribution < -0.4 is 10.5 Å². The molecule has 0 unspecified atom stereocenters. The molecule has 1 aromatic heterocycles. The minimum atomic E-state index is -3.75. The van der Waals surface area contributed by atoms with Crippen molar-refractivity contribution in [2.45, 2.75) is 41.1 Å². The summed E-state index contributed by atoms with van der Waals surface area (Å²) in [5, 5.41) is 15.5. The van der Waals surface area contributed by atoms with E-state index in [2.05, 4.69) is 15.5 Å². The lowest BCUT2D eigenvalue weighted by atomic mass is 10.3. The summed E-state index contributed by atoms with van der Waals surface area (Å²) in [4.78, 5) is 12.2. The average molecular weight is 368 g/mol. The Morgan fingerprint density at radius 3 is 2.58 bits per heavy atom. The molecule has 0 aliphatic heterocycles. The Bertz CT molecular complexity index is 844. The number of carbonyl (C=O) groups is 1. The first-order chi connectivity index (χ1) is 11.3. The molecule has 0 saturated heterocycles. The summed E-state index contributed by atoms with van der Waals surface area (Å²) in [6, 6.07) is 5.63. The second-order valence-corrected chi connectivity index (χ2v) is 8.35. The highest BCUT2D eigenvalue weighted by molar-refractivity contribution is 8.00. The first-order valence-corrected chi connectivity index (χ1v) is 9.69. The van der Waals surface area contributed by atoms with Gasteiger partial charge in [0.1, 0.15) is 0 Å². The van der Waals surface area contributed by atoms with Crippen LogP contribution in [0.3, 0.4) is 0 Å². The second-order valence-electron chi connectivity index (χ2n) is 5.50. The molecule has 0 bridgehead atoms. The molecule has 128 valence electrons. The highest BCUT2D eigenvalue weighted by Crippen LogP contribution is 2.40. The van der Waals surface area contributed by atoms with Crippen molar-refractivity contribution in [2.75, 3.05) is 5.32 Å². The number of thioether (sulfide) groups is 1. The third-order valence-corrected chi connectivity index (χ3v) is 5.31. The zero-order valence-electron chi connectivity index (χ0n) is 12.8. The third kappa shape index (κ3) is 4.13. The van der Waals surface area contributed by atoms with E-state index in [1.165, 1.54) is 36.0 Å². The molecule has 1 heterocycles. The van der Waals surface area contributed by atoms with Crippen LogP contribution in [0.5, 0.6) is 0 Å². The number of sulfonamides is 1. The van der Waals surface area contributed by atoms with Gasteiger partial charge in [-0.15, -0.1) is 10.2 Å². The quantitative estimate of drug-likeness (QED) is 0.743. The second kappa shape index (κ2) is 6.54. The van der Waals surface area contributed by atoms with E-state index in [-0.39, 0.29) is 10.8 Å². The predicted molar refractivity (Wildman–Crippen MR) is 88.0 cm³/mol. The van der Waals surface area contributed by atoms with Gasteiger partial charge in [0.05, 0.1) is 10.1 Å². The summed E-state index contributed by atoms with van der Waals surface area (Å²) < 4.78 is 27.9. The fraction of sp³-hybridized carbons (Fsp3) is 0.357. The van der Waals surface area contributed by atoms with Crippen molar-refractivity contribution in [2.24, 2.45) is 5.14 Å². The lowest BCUT2D eigenvalue weighted by Gasteiger charge is -2.10. The van der Waals surface area contributed by atoms with Crippen molar-refractivity contribution >= 4 is 33.4 Å². The number of carbonyl (C=O) groups excluding carboxylic acids is 1. The van der Waals surface area contributed by atoms with Crippen LogP contribution in [0.25, 0.3) is 0 Å². The SMILES string of the molecule is C[C@@H](Sc1nnc(C2CC2)o1)C(=O)Nc1ccc(S(N)(=O)=O)cc1. The summed E-state index contributed by atoms with van der Waals surface area (Å²) in [5.41, 5.74) is 0.476. The minimum absolute atomic E-state index is 0.0126. The maximum Gasteiger partial charge on any atom is 0.277 e. The normalized spacial score (nSPS) is 15.9. The summed E-state index contributed by atoms with van der Waals surface area (Å²) >= 11 is 1.18. The van der Waals surface area contributed by atoms with Crippen LogP contribution in [0.4, 0.5) is 5.69 Å². The van der Waals surface area contributed by atoms with E-state index in [0.29, 0.717) is 22.7 Å². The number of nitrogens with one attached hydrogen (secondary N) is 1. The number of hydrogen-bond acceptors (Lipinski definition) is 7. The summed E-state index contributed by atoms with van der Waals surface area (Å²) in [5.74, 6) is 0.742. The molecule has 2 aromatic rings. The standard InChI is InChI=1S/C14H16N4O4S2/c1-8(23-14-18-17-13(22-14)9-2-3-9)12(19)16-10-4-6-11(7-5-10)24(15,20)21/h4-9H,2-3H2,1H3,(H,16,19)(H2,15,20,21)/t8-/m1/s1. The molecule has 1 amide bonds. The number of benzene rings is 1. The predicted octanol–water partition coefficient (Wildman–Crippen LogP) is 1.71. The third-order valence-electron chi connectivity index (χ3n) is 3.45. The molecule has 3 rings (SSSR count). The monoisotopic (exact) mass is 368 g/mol. The summed E-state index contributed by atoms with van der Waals surface area (Å²) in [6.07, 6.45) is 2.13. The maximum atomic E-state index is 12.2. The molecule has 1 fully saturated rings. The maximum absolute atomic E-state index is 12.2. The Labute approximate surface area is 143 Å². The van der Waals surface area contributed by atoms with Gasteiger partial charge in [0.15, 0.2) is 0 Å². The molecular formula is C14H16N4O4S2. The highest BCUT2D eigenvalue weighted by Gasteiger charge is 2.30. The zero-order valence-corrected chi connectivity index (χ0v) is 14.4. The largest absolute Gasteiger partial charge is 0.416 e. The molecule has 3 N–H and O–H groups in total. The Kier molecular flexibility index (Phi) is 4.61. The fourth-order valence-corrected chi connectivity index (χ4v) is 3.15. The van der Waals surface area contributed by atoms with Gasteiger partial charge in [-0.05, 0) is 44.0 Å². The van der Waals surface area contributed by atoms with Gasteiger partial charge in [-0.25, -0.2) is 13.6 Å². The van der Waals surface area contributed by atoms with Crippen molar-refractivity contribution in [1.29, 1.82) is 0 Å². The van der Waals surface area contributed by atoms with Crippen molar-refractivity contribution in [3.05, 3.63) is 30.2 Å². The first-order valence-electron chi connectivity index (χ1n) is 7.27. The molecule has 0 radical (unpaired) electrons. The Hall–Kier alpha value is -1.91. The molecule has 8 nitrogen and oxygen atoms in total. The lowest BCUT2D eigenvalue weighted by molar-refractivity contribution is -0.115. The molecule has 1 aliphatic rings. The smallest absolute Gasteiger partial charge is 0.277 e. The number of hydrogen-bond donors (Lipinski definition) is 2. The Morgan fingerprint density at radius 1 is 1.33 bits per heavy atom. The van der Waals surface area contributed by atoms with Gasteiger partial charge < -0.3 is 9.73 Å². The van der Waals surface area contributed by atoms with E-state index < -0.39 is 15.3 Å². The topological polar surface area (TPSA) is 128 Å². The van der Waals surface area contributed by atoms with Gasteiger partial charge in [-0.2, -0.15) is 0 Å². The summed E-state index contributed by atoms with van der Waals surface area (Å²) in [6.45, 7) is 1.72. The van der Waals surface area contributed by atoms with Gasteiger partial charge in [0.25, 0.3) is 5.22 Å². The first kappa shape index (κ1) is 16.9. The van der Waals surface area contributed by atoms with Crippen LogP contribution in [0, 0.1) is 0 Å². The van der Waals surface area contributed by atoms with E-state index in [0.717, 1.165) is 12.8 Å². The van der Waals surface area contributed by atoms with E-state index >= 15 is 0 Å². The van der Waals surface area contributed by atoms with Crippen LogP contribution in [-0.2, 0) is 14.8 Å². The van der Waals surface area contributed by atoms with Gasteiger partial charge in [0.2, 0.25) is 21.8 Å². The molecule has 10 heteroatoms. The van der Waals surface area contributed by atoms with Gasteiger partial charge in [-0.1, -0.05) is 11.8 Å². The molecule has 24 heavy (non-hydrogen) atoms. The van der Waals surface area contributed by atoms with Gasteiger partial charge >= 0.3 is 0 Å². The van der Waals surface area contributed by atoms with E-state index in [9.17, 15) is 13.2 Å². The molecule has 1 aliphatic carbocycles. The number of anilines is 1. The number of primary sulfonamides is 1. The lowest BCUT2D eigenvalue weighted by Crippen LogP contribution is -2.22.